The van der Waals surface area contributed by atoms with Crippen LogP contribution in [0.15, 0.2) is 29.2 Å². The van der Waals surface area contributed by atoms with Crippen LogP contribution in [0.25, 0.3) is 0 Å². The maximum absolute atomic E-state index is 11.9. The molecule has 1 aliphatic heterocycles. The van der Waals surface area contributed by atoms with Gasteiger partial charge in [-0.1, -0.05) is 18.2 Å². The fourth-order valence-electron chi connectivity index (χ4n) is 1.93. The predicted molar refractivity (Wildman–Crippen MR) is 75.4 cm³/mol. The average Bonchev–Trinajstić information content (AvgIpc) is 2.77. The van der Waals surface area contributed by atoms with Crippen molar-refractivity contribution in [2.24, 2.45) is 5.14 Å². The second-order valence-corrected chi connectivity index (χ2v) is 7.41. The van der Waals surface area contributed by atoms with E-state index in [4.69, 9.17) is 5.14 Å². The Labute approximate surface area is 117 Å². The van der Waals surface area contributed by atoms with Gasteiger partial charge in [0, 0.05) is 11.4 Å². The van der Waals surface area contributed by atoms with Crippen molar-refractivity contribution in [3.8, 4) is 0 Å². The fourth-order valence-corrected chi connectivity index (χ4v) is 3.69. The molecule has 0 saturated carbocycles. The normalized spacial score (nSPS) is 18.1. The van der Waals surface area contributed by atoms with Crippen molar-refractivity contribution in [3.05, 3.63) is 29.8 Å². The fraction of sp³-hybridized carbons (Fsp3) is 0.417. The lowest BCUT2D eigenvalue weighted by Gasteiger charge is -2.09. The summed E-state index contributed by atoms with van der Waals surface area (Å²) in [7, 11) is -3.44. The molecule has 3 N–H and O–H groups in total. The van der Waals surface area contributed by atoms with Crippen LogP contribution in [-0.2, 0) is 21.2 Å². The van der Waals surface area contributed by atoms with Crippen molar-refractivity contribution in [1.82, 2.24) is 5.32 Å². The van der Waals surface area contributed by atoms with Crippen molar-refractivity contribution in [3.63, 3.8) is 0 Å². The lowest BCUT2D eigenvalue weighted by Crippen LogP contribution is -2.34. The van der Waals surface area contributed by atoms with E-state index in [2.05, 4.69) is 5.32 Å². The third-order valence-electron chi connectivity index (χ3n) is 2.84. The number of nitrogens with two attached hydrogens (primary N) is 1. The van der Waals surface area contributed by atoms with Crippen LogP contribution in [0, 0.1) is 0 Å². The maximum atomic E-state index is 11.9. The van der Waals surface area contributed by atoms with Crippen LogP contribution in [0.4, 0.5) is 0 Å². The summed E-state index contributed by atoms with van der Waals surface area (Å²) in [5, 5.41) is 7.52. The van der Waals surface area contributed by atoms with E-state index in [1.54, 1.807) is 11.8 Å². The summed E-state index contributed by atoms with van der Waals surface area (Å²) < 4.78 is 21.5. The van der Waals surface area contributed by atoms with E-state index in [1.807, 2.05) is 24.3 Å². The molecule has 0 bridgehead atoms. The van der Waals surface area contributed by atoms with E-state index < -0.39 is 10.0 Å². The molecule has 19 heavy (non-hydrogen) atoms. The van der Waals surface area contributed by atoms with Crippen LogP contribution in [0.1, 0.15) is 12.0 Å². The van der Waals surface area contributed by atoms with Crippen molar-refractivity contribution in [2.75, 3.05) is 12.3 Å². The number of nitrogens with one attached hydrogen (secondary N) is 1. The molecular formula is C12H16N2O3S2. The van der Waals surface area contributed by atoms with E-state index >= 15 is 0 Å². The SMILES string of the molecule is NS(=O)(=O)CCCNC(=O)C1Cc2ccccc2S1. The minimum absolute atomic E-state index is 0.0457. The number of hydrogen-bond donors (Lipinski definition) is 2. The number of carbonyl (C=O) groups excluding carboxylic acids is 1. The van der Waals surface area contributed by atoms with Gasteiger partial charge in [0.2, 0.25) is 15.9 Å². The van der Waals surface area contributed by atoms with Gasteiger partial charge < -0.3 is 5.32 Å². The van der Waals surface area contributed by atoms with E-state index in [-0.39, 0.29) is 16.9 Å². The van der Waals surface area contributed by atoms with Crippen LogP contribution in [0.5, 0.6) is 0 Å². The van der Waals surface area contributed by atoms with Gasteiger partial charge >= 0.3 is 0 Å². The summed E-state index contributed by atoms with van der Waals surface area (Å²) in [5.41, 5.74) is 1.19. The van der Waals surface area contributed by atoms with E-state index in [9.17, 15) is 13.2 Å². The summed E-state index contributed by atoms with van der Waals surface area (Å²) in [6.45, 7) is 0.336. The number of sulfonamides is 1. The zero-order chi connectivity index (χ0) is 13.9. The summed E-state index contributed by atoms with van der Waals surface area (Å²) in [6, 6.07) is 7.95. The highest BCUT2D eigenvalue weighted by Gasteiger charge is 2.27. The number of primary sulfonamides is 1. The molecule has 0 fully saturated rings. The highest BCUT2D eigenvalue weighted by molar-refractivity contribution is 8.01. The molecule has 0 saturated heterocycles. The van der Waals surface area contributed by atoms with Gasteiger partial charge in [0.1, 0.15) is 0 Å². The van der Waals surface area contributed by atoms with E-state index in [0.717, 1.165) is 11.3 Å². The molecule has 1 aromatic rings. The van der Waals surface area contributed by atoms with Gasteiger partial charge in [-0.25, -0.2) is 13.6 Å². The third-order valence-corrected chi connectivity index (χ3v) is 5.02. The maximum Gasteiger partial charge on any atom is 0.233 e. The molecule has 1 heterocycles. The number of carbonyl (C=O) groups is 1. The van der Waals surface area contributed by atoms with Gasteiger partial charge in [0.05, 0.1) is 11.0 Å². The smallest absolute Gasteiger partial charge is 0.233 e. The molecule has 1 atom stereocenters. The summed E-state index contributed by atoms with van der Waals surface area (Å²) >= 11 is 1.55. The third kappa shape index (κ3) is 4.22. The number of amides is 1. The number of fused-ring (bicyclic) bond motifs is 1. The monoisotopic (exact) mass is 300 g/mol. The molecule has 1 aliphatic rings. The Morgan fingerprint density at radius 1 is 1.42 bits per heavy atom. The minimum atomic E-state index is -3.44. The summed E-state index contributed by atoms with van der Waals surface area (Å²) in [6.07, 6.45) is 1.07. The predicted octanol–water partition coefficient (Wildman–Crippen LogP) is 0.498. The first-order valence-corrected chi connectivity index (χ1v) is 8.58. The molecule has 0 aromatic heterocycles. The number of benzene rings is 1. The van der Waals surface area contributed by atoms with E-state index in [0.29, 0.717) is 13.0 Å². The van der Waals surface area contributed by atoms with E-state index in [1.165, 1.54) is 5.56 Å². The second kappa shape index (κ2) is 5.94. The first-order valence-electron chi connectivity index (χ1n) is 5.98. The van der Waals surface area contributed by atoms with Crippen LogP contribution in [0.3, 0.4) is 0 Å². The zero-order valence-electron chi connectivity index (χ0n) is 10.3. The molecule has 1 unspecified atom stereocenters. The standard InChI is InChI=1S/C12H16N2O3S2/c13-19(16,17)7-3-6-14-12(15)11-8-9-4-1-2-5-10(9)18-11/h1-2,4-5,11H,3,6-8H2,(H,14,15)(H2,13,16,17). The average molecular weight is 300 g/mol. The molecule has 104 valence electrons. The minimum Gasteiger partial charge on any atom is -0.355 e. The van der Waals surface area contributed by atoms with Crippen molar-refractivity contribution >= 4 is 27.7 Å². The quantitative estimate of drug-likeness (QED) is 0.775. The van der Waals surface area contributed by atoms with Crippen LogP contribution in [-0.4, -0.2) is 31.9 Å². The molecule has 0 radical (unpaired) electrons. The summed E-state index contributed by atoms with van der Waals surface area (Å²) in [5.74, 6) is -0.152. The highest BCUT2D eigenvalue weighted by Crippen LogP contribution is 2.36. The Morgan fingerprint density at radius 3 is 2.84 bits per heavy atom. The van der Waals surface area contributed by atoms with Crippen molar-refractivity contribution in [2.45, 2.75) is 23.0 Å². The van der Waals surface area contributed by atoms with Gasteiger partial charge in [-0.15, -0.1) is 11.8 Å². The van der Waals surface area contributed by atoms with Crippen LogP contribution >= 0.6 is 11.8 Å². The molecule has 0 spiro atoms. The van der Waals surface area contributed by atoms with Crippen molar-refractivity contribution < 1.29 is 13.2 Å². The Kier molecular flexibility index (Phi) is 4.49. The lowest BCUT2D eigenvalue weighted by molar-refractivity contribution is -0.120. The zero-order valence-corrected chi connectivity index (χ0v) is 12.0. The largest absolute Gasteiger partial charge is 0.355 e. The lowest BCUT2D eigenvalue weighted by atomic mass is 10.1. The molecule has 0 aliphatic carbocycles. The van der Waals surface area contributed by atoms with Crippen LogP contribution < -0.4 is 10.5 Å². The molecule has 1 aromatic carbocycles. The van der Waals surface area contributed by atoms with Gasteiger partial charge in [-0.05, 0) is 24.5 Å². The Hall–Kier alpha value is -1.05. The molecule has 7 heteroatoms. The summed E-state index contributed by atoms with van der Waals surface area (Å²) in [4.78, 5) is 13.1. The Balaban J connectivity index is 1.77. The van der Waals surface area contributed by atoms with Crippen LogP contribution in [0.2, 0.25) is 0 Å². The first-order chi connectivity index (χ1) is 8.96. The topological polar surface area (TPSA) is 89.3 Å². The van der Waals surface area contributed by atoms with Gasteiger partial charge in [0.15, 0.2) is 0 Å². The van der Waals surface area contributed by atoms with Gasteiger partial charge in [0.25, 0.3) is 0 Å². The van der Waals surface area contributed by atoms with Gasteiger partial charge in [-0.3, -0.25) is 4.79 Å². The Bertz CT molecular complexity index is 547. The Morgan fingerprint density at radius 2 is 2.16 bits per heavy atom. The molecule has 2 rings (SSSR count). The second-order valence-electron chi connectivity index (χ2n) is 4.43. The first kappa shape index (κ1) is 14.4. The molecule has 1 amide bonds. The number of hydrogen-bond acceptors (Lipinski definition) is 4. The molecule has 5 nitrogen and oxygen atoms in total. The van der Waals surface area contributed by atoms with Gasteiger partial charge in [-0.2, -0.15) is 0 Å². The number of rotatable bonds is 5. The highest BCUT2D eigenvalue weighted by atomic mass is 32.2. The number of thioether (sulfide) groups is 1. The van der Waals surface area contributed by atoms with Crippen molar-refractivity contribution in [1.29, 1.82) is 0 Å². The molecular weight excluding hydrogens is 284 g/mol.